The van der Waals surface area contributed by atoms with Crippen LogP contribution >= 0.6 is 0 Å². The Morgan fingerprint density at radius 2 is 2.12 bits per heavy atom. The van der Waals surface area contributed by atoms with Gasteiger partial charge in [0.05, 0.1) is 23.3 Å². The maximum absolute atomic E-state index is 12.8. The van der Waals surface area contributed by atoms with Gasteiger partial charge in [-0.25, -0.2) is 4.79 Å². The molecule has 1 atom stereocenters. The second-order valence-corrected chi connectivity index (χ2v) is 6.55. The van der Waals surface area contributed by atoms with E-state index < -0.39 is 0 Å². The first-order valence-corrected chi connectivity index (χ1v) is 8.42. The molecule has 25 heavy (non-hydrogen) atoms. The summed E-state index contributed by atoms with van der Waals surface area (Å²) in [6.45, 7) is 6.57. The number of fused-ring (bicyclic) bond motifs is 1. The molecule has 2 aromatic heterocycles. The Morgan fingerprint density at radius 3 is 2.72 bits per heavy atom. The van der Waals surface area contributed by atoms with Crippen molar-refractivity contribution in [3.05, 3.63) is 52.2 Å². The maximum atomic E-state index is 12.8. The van der Waals surface area contributed by atoms with E-state index in [1.165, 1.54) is 0 Å². The topological polar surface area (TPSA) is 84.7 Å². The smallest absolute Gasteiger partial charge is 0.326 e. The molecule has 7 nitrogen and oxygen atoms in total. The van der Waals surface area contributed by atoms with Gasteiger partial charge in [-0.05, 0) is 31.0 Å². The first kappa shape index (κ1) is 17.0. The van der Waals surface area contributed by atoms with Gasteiger partial charge < -0.3 is 10.3 Å². The van der Waals surface area contributed by atoms with Crippen LogP contribution in [0, 0.1) is 5.92 Å². The van der Waals surface area contributed by atoms with Crippen LogP contribution < -0.4 is 11.0 Å². The lowest BCUT2D eigenvalue weighted by molar-refractivity contribution is 0.0925. The van der Waals surface area contributed by atoms with Crippen molar-refractivity contribution in [3.63, 3.8) is 0 Å². The Bertz CT molecular complexity index is 963. The van der Waals surface area contributed by atoms with Crippen LogP contribution in [-0.2, 0) is 13.6 Å². The molecule has 0 aliphatic carbocycles. The van der Waals surface area contributed by atoms with E-state index in [1.807, 2.05) is 20.2 Å². The van der Waals surface area contributed by atoms with E-state index in [0.29, 0.717) is 12.1 Å². The zero-order valence-electron chi connectivity index (χ0n) is 14.9. The molecule has 3 rings (SSSR count). The summed E-state index contributed by atoms with van der Waals surface area (Å²) in [6.07, 6.45) is 3.68. The van der Waals surface area contributed by atoms with E-state index in [4.69, 9.17) is 0 Å². The van der Waals surface area contributed by atoms with E-state index >= 15 is 0 Å². The molecule has 0 saturated heterocycles. The van der Waals surface area contributed by atoms with Crippen molar-refractivity contribution in [2.24, 2.45) is 13.0 Å². The molecule has 1 aromatic carbocycles. The zero-order valence-corrected chi connectivity index (χ0v) is 14.9. The molecule has 0 aliphatic rings. The highest BCUT2D eigenvalue weighted by Gasteiger charge is 2.21. The number of aromatic amines is 1. The van der Waals surface area contributed by atoms with Crippen LogP contribution in [0.25, 0.3) is 11.0 Å². The van der Waals surface area contributed by atoms with Gasteiger partial charge in [0.25, 0.3) is 5.91 Å². The van der Waals surface area contributed by atoms with Crippen molar-refractivity contribution in [2.45, 2.75) is 33.4 Å². The van der Waals surface area contributed by atoms with Gasteiger partial charge >= 0.3 is 5.69 Å². The summed E-state index contributed by atoms with van der Waals surface area (Å²) in [5, 5.41) is 7.27. The third kappa shape index (κ3) is 3.22. The SMILES string of the molecule is CCn1c(=O)[nH]c2ccc(C(=O)NC(c3cnn(C)c3)C(C)C)cc21. The lowest BCUT2D eigenvalue weighted by Gasteiger charge is -2.21. The molecule has 2 heterocycles. The Morgan fingerprint density at radius 1 is 1.36 bits per heavy atom. The molecule has 0 bridgehead atoms. The van der Waals surface area contributed by atoms with Gasteiger partial charge in [0.1, 0.15) is 0 Å². The van der Waals surface area contributed by atoms with Gasteiger partial charge in [-0.3, -0.25) is 14.0 Å². The predicted molar refractivity (Wildman–Crippen MR) is 96.5 cm³/mol. The number of amides is 1. The number of aryl methyl sites for hydroxylation is 2. The summed E-state index contributed by atoms with van der Waals surface area (Å²) >= 11 is 0. The van der Waals surface area contributed by atoms with Crippen LogP contribution in [-0.4, -0.2) is 25.2 Å². The lowest BCUT2D eigenvalue weighted by atomic mass is 9.98. The molecule has 0 spiro atoms. The molecule has 132 valence electrons. The number of nitrogens with one attached hydrogen (secondary N) is 2. The Balaban J connectivity index is 1.91. The van der Waals surface area contributed by atoms with Gasteiger partial charge in [0.2, 0.25) is 0 Å². The lowest BCUT2D eigenvalue weighted by Crippen LogP contribution is -2.31. The molecule has 2 N–H and O–H groups in total. The molecule has 1 amide bonds. The number of H-pyrrole nitrogens is 1. The minimum Gasteiger partial charge on any atom is -0.345 e. The largest absolute Gasteiger partial charge is 0.345 e. The van der Waals surface area contributed by atoms with Crippen LogP contribution in [0.4, 0.5) is 0 Å². The summed E-state index contributed by atoms with van der Waals surface area (Å²) < 4.78 is 3.34. The van der Waals surface area contributed by atoms with E-state index in [-0.39, 0.29) is 23.6 Å². The third-order valence-corrected chi connectivity index (χ3v) is 4.39. The second-order valence-electron chi connectivity index (χ2n) is 6.55. The number of carbonyl (C=O) groups is 1. The van der Waals surface area contributed by atoms with Crippen molar-refractivity contribution >= 4 is 16.9 Å². The first-order chi connectivity index (χ1) is 11.9. The van der Waals surface area contributed by atoms with Crippen molar-refractivity contribution in [2.75, 3.05) is 0 Å². The normalized spacial score (nSPS) is 12.7. The van der Waals surface area contributed by atoms with Crippen molar-refractivity contribution < 1.29 is 4.79 Å². The average molecular weight is 341 g/mol. The monoisotopic (exact) mass is 341 g/mol. The number of carbonyl (C=O) groups excluding carboxylic acids is 1. The van der Waals surface area contributed by atoms with Crippen LogP contribution in [0.2, 0.25) is 0 Å². The zero-order chi connectivity index (χ0) is 18.1. The van der Waals surface area contributed by atoms with Gasteiger partial charge in [-0.1, -0.05) is 13.8 Å². The molecule has 7 heteroatoms. The highest BCUT2D eigenvalue weighted by molar-refractivity contribution is 5.97. The molecule has 0 fully saturated rings. The fraction of sp³-hybridized carbons (Fsp3) is 0.389. The highest BCUT2D eigenvalue weighted by Crippen LogP contribution is 2.22. The van der Waals surface area contributed by atoms with Gasteiger partial charge in [-0.2, -0.15) is 5.10 Å². The van der Waals surface area contributed by atoms with Crippen molar-refractivity contribution in [3.8, 4) is 0 Å². The number of nitrogens with zero attached hydrogens (tertiary/aromatic N) is 3. The summed E-state index contributed by atoms with van der Waals surface area (Å²) in [5.74, 6) is 0.0544. The Labute approximate surface area is 145 Å². The molecular weight excluding hydrogens is 318 g/mol. The van der Waals surface area contributed by atoms with Crippen molar-refractivity contribution in [1.29, 1.82) is 0 Å². The average Bonchev–Trinajstić information content (AvgIpc) is 3.13. The summed E-state index contributed by atoms with van der Waals surface area (Å²) in [7, 11) is 1.85. The maximum Gasteiger partial charge on any atom is 0.326 e. The number of hydrogen-bond acceptors (Lipinski definition) is 3. The summed E-state index contributed by atoms with van der Waals surface area (Å²) in [6, 6.07) is 5.13. The van der Waals surface area contributed by atoms with Gasteiger partial charge in [0, 0.05) is 30.9 Å². The first-order valence-electron chi connectivity index (χ1n) is 8.42. The molecule has 0 radical (unpaired) electrons. The number of benzene rings is 1. The second kappa shape index (κ2) is 6.58. The van der Waals surface area contributed by atoms with Crippen LogP contribution in [0.15, 0.2) is 35.4 Å². The van der Waals surface area contributed by atoms with Gasteiger partial charge in [-0.15, -0.1) is 0 Å². The van der Waals surface area contributed by atoms with E-state index in [1.54, 1.807) is 33.6 Å². The number of imidazole rings is 1. The van der Waals surface area contributed by atoms with E-state index in [0.717, 1.165) is 16.6 Å². The molecular formula is C18H23N5O2. The van der Waals surface area contributed by atoms with E-state index in [2.05, 4.69) is 29.2 Å². The minimum atomic E-state index is -0.166. The fourth-order valence-corrected chi connectivity index (χ4v) is 3.07. The number of rotatable bonds is 5. The predicted octanol–water partition coefficient (Wildman–Crippen LogP) is 2.21. The molecule has 1 unspecified atom stereocenters. The Kier molecular flexibility index (Phi) is 4.48. The minimum absolute atomic E-state index is 0.128. The number of hydrogen-bond donors (Lipinski definition) is 2. The fourth-order valence-electron chi connectivity index (χ4n) is 3.07. The third-order valence-electron chi connectivity index (χ3n) is 4.39. The summed E-state index contributed by atoms with van der Waals surface area (Å²) in [4.78, 5) is 27.5. The number of aromatic nitrogens is 4. The standard InChI is InChI=1S/C18H23N5O2/c1-5-23-15-8-12(6-7-14(15)20-18(23)25)17(24)21-16(11(2)3)13-9-19-22(4)10-13/h6-11,16H,5H2,1-4H3,(H,20,25)(H,21,24). The highest BCUT2D eigenvalue weighted by atomic mass is 16.2. The quantitative estimate of drug-likeness (QED) is 0.746. The molecule has 0 aliphatic heterocycles. The van der Waals surface area contributed by atoms with Crippen LogP contribution in [0.3, 0.4) is 0 Å². The summed E-state index contributed by atoms with van der Waals surface area (Å²) in [5.41, 5.74) is 2.81. The van der Waals surface area contributed by atoms with Crippen LogP contribution in [0.1, 0.15) is 42.7 Å². The van der Waals surface area contributed by atoms with Gasteiger partial charge in [0.15, 0.2) is 0 Å². The molecule has 0 saturated carbocycles. The molecule has 3 aromatic rings. The van der Waals surface area contributed by atoms with Crippen molar-refractivity contribution in [1.82, 2.24) is 24.6 Å². The van der Waals surface area contributed by atoms with Crippen LogP contribution in [0.5, 0.6) is 0 Å². The van der Waals surface area contributed by atoms with E-state index in [9.17, 15) is 9.59 Å². The Hall–Kier alpha value is -2.83.